The molecule has 176 valence electrons. The van der Waals surface area contributed by atoms with Gasteiger partial charge in [0.2, 0.25) is 5.91 Å². The zero-order valence-electron chi connectivity index (χ0n) is 20.0. The average molecular weight is 440 g/mol. The summed E-state index contributed by atoms with van der Waals surface area (Å²) >= 11 is 0. The van der Waals surface area contributed by atoms with Gasteiger partial charge in [-0.25, -0.2) is 4.79 Å². The van der Waals surface area contributed by atoms with Crippen LogP contribution in [0.25, 0.3) is 0 Å². The highest BCUT2D eigenvalue weighted by Gasteiger charge is 2.54. The molecule has 5 nitrogen and oxygen atoms in total. The molecule has 0 radical (unpaired) electrons. The van der Waals surface area contributed by atoms with Crippen LogP contribution in [-0.2, 0) is 10.2 Å². The Morgan fingerprint density at radius 3 is 2.41 bits per heavy atom. The van der Waals surface area contributed by atoms with Gasteiger partial charge in [0.25, 0.3) is 0 Å². The lowest BCUT2D eigenvalue weighted by molar-refractivity contribution is -0.118. The Morgan fingerprint density at radius 2 is 1.84 bits per heavy atom. The van der Waals surface area contributed by atoms with Gasteiger partial charge < -0.3 is 15.5 Å². The van der Waals surface area contributed by atoms with Crippen molar-refractivity contribution < 1.29 is 9.59 Å². The standard InChI is InChI=1S/C27H41N3O2/c1-3-21(2)18-26(23-10-5-4-6-11-23)13-15-27(16-14-26)20-29(17-12-24(28)31)25(32)30(27)19-22-8-7-9-22/h4-6,10-11,21-22H,3,7-9,12-20H2,1-2H3,(H2,28,31)/t21?,26-,27-. The second-order valence-corrected chi connectivity index (χ2v) is 10.9. The summed E-state index contributed by atoms with van der Waals surface area (Å²) in [6, 6.07) is 11.2. The van der Waals surface area contributed by atoms with Crippen LogP contribution in [0.2, 0.25) is 0 Å². The molecule has 4 rings (SSSR count). The van der Waals surface area contributed by atoms with Crippen LogP contribution in [0, 0.1) is 11.8 Å². The second kappa shape index (κ2) is 9.44. The van der Waals surface area contributed by atoms with E-state index < -0.39 is 0 Å². The van der Waals surface area contributed by atoms with Crippen LogP contribution in [0.1, 0.15) is 83.6 Å². The zero-order valence-corrected chi connectivity index (χ0v) is 20.0. The van der Waals surface area contributed by atoms with Crippen molar-refractivity contribution in [2.24, 2.45) is 17.6 Å². The normalized spacial score (nSPS) is 29.4. The quantitative estimate of drug-likeness (QED) is 0.583. The second-order valence-electron chi connectivity index (χ2n) is 10.9. The highest BCUT2D eigenvalue weighted by atomic mass is 16.2. The first kappa shape index (κ1) is 23.1. The largest absolute Gasteiger partial charge is 0.370 e. The summed E-state index contributed by atoms with van der Waals surface area (Å²) in [7, 11) is 0. The van der Waals surface area contributed by atoms with Crippen LogP contribution < -0.4 is 5.73 Å². The topological polar surface area (TPSA) is 66.6 Å². The zero-order chi connectivity index (χ0) is 22.8. The molecule has 2 saturated carbocycles. The lowest BCUT2D eigenvalue weighted by Gasteiger charge is -2.50. The lowest BCUT2D eigenvalue weighted by Crippen LogP contribution is -2.54. The number of urea groups is 1. The number of carbonyl (C=O) groups is 2. The van der Waals surface area contributed by atoms with E-state index in [1.165, 1.54) is 37.7 Å². The molecule has 1 aromatic rings. The summed E-state index contributed by atoms with van der Waals surface area (Å²) in [5, 5.41) is 0. The molecule has 1 aromatic carbocycles. The summed E-state index contributed by atoms with van der Waals surface area (Å²) in [6.45, 7) is 6.76. The van der Waals surface area contributed by atoms with Gasteiger partial charge in [0.1, 0.15) is 0 Å². The Bertz CT molecular complexity index is 796. The molecule has 3 aliphatic rings. The average Bonchev–Trinajstić information content (AvgIpc) is 3.02. The third kappa shape index (κ3) is 4.53. The van der Waals surface area contributed by atoms with Crippen molar-refractivity contribution in [2.75, 3.05) is 19.6 Å². The van der Waals surface area contributed by atoms with Gasteiger partial charge in [-0.1, -0.05) is 57.0 Å². The van der Waals surface area contributed by atoms with Crippen molar-refractivity contribution in [3.8, 4) is 0 Å². The Hall–Kier alpha value is -2.04. The fourth-order valence-electron chi connectivity index (χ4n) is 6.34. The number of benzene rings is 1. The molecule has 1 saturated heterocycles. The molecule has 2 aliphatic carbocycles. The van der Waals surface area contributed by atoms with E-state index in [2.05, 4.69) is 49.1 Å². The lowest BCUT2D eigenvalue weighted by atomic mass is 9.60. The summed E-state index contributed by atoms with van der Waals surface area (Å²) < 4.78 is 0. The number of nitrogens with zero attached hydrogens (tertiary/aromatic N) is 2. The van der Waals surface area contributed by atoms with Crippen LogP contribution in [0.15, 0.2) is 30.3 Å². The molecule has 0 bridgehead atoms. The smallest absolute Gasteiger partial charge is 0.320 e. The molecule has 32 heavy (non-hydrogen) atoms. The van der Waals surface area contributed by atoms with Crippen molar-refractivity contribution in [3.05, 3.63) is 35.9 Å². The van der Waals surface area contributed by atoms with Crippen LogP contribution in [0.5, 0.6) is 0 Å². The number of hydrogen-bond donors (Lipinski definition) is 1. The first-order chi connectivity index (χ1) is 15.4. The summed E-state index contributed by atoms with van der Waals surface area (Å²) in [5.74, 6) is 1.00. The maximum atomic E-state index is 13.4. The maximum absolute atomic E-state index is 13.4. The number of carbonyl (C=O) groups excluding carboxylic acids is 2. The minimum absolute atomic E-state index is 0.0853. The van der Waals surface area contributed by atoms with Gasteiger partial charge in [0, 0.05) is 26.1 Å². The summed E-state index contributed by atoms with van der Waals surface area (Å²) in [4.78, 5) is 28.9. The van der Waals surface area contributed by atoms with E-state index in [9.17, 15) is 9.59 Å². The fourth-order valence-corrected chi connectivity index (χ4v) is 6.34. The molecule has 0 aromatic heterocycles. The van der Waals surface area contributed by atoms with Gasteiger partial charge in [-0.15, -0.1) is 0 Å². The van der Waals surface area contributed by atoms with Crippen molar-refractivity contribution in [1.29, 1.82) is 0 Å². The minimum Gasteiger partial charge on any atom is -0.370 e. The van der Waals surface area contributed by atoms with Gasteiger partial charge in [-0.05, 0) is 67.8 Å². The van der Waals surface area contributed by atoms with Gasteiger partial charge in [0.15, 0.2) is 0 Å². The Kier molecular flexibility index (Phi) is 6.83. The molecule has 3 amide bonds. The van der Waals surface area contributed by atoms with Gasteiger partial charge in [-0.2, -0.15) is 0 Å². The van der Waals surface area contributed by atoms with E-state index in [-0.39, 0.29) is 29.3 Å². The number of primary amides is 1. The predicted octanol–water partition coefficient (Wildman–Crippen LogP) is 5.09. The van der Waals surface area contributed by atoms with E-state index >= 15 is 0 Å². The molecule has 3 fully saturated rings. The van der Waals surface area contributed by atoms with Crippen molar-refractivity contribution in [3.63, 3.8) is 0 Å². The first-order valence-corrected chi connectivity index (χ1v) is 12.8. The number of hydrogen-bond acceptors (Lipinski definition) is 2. The molecule has 1 aliphatic heterocycles. The van der Waals surface area contributed by atoms with E-state index in [1.807, 2.05) is 4.90 Å². The minimum atomic E-state index is -0.329. The third-order valence-electron chi connectivity index (χ3n) is 8.81. The summed E-state index contributed by atoms with van der Waals surface area (Å²) in [6.07, 6.45) is 10.8. The van der Waals surface area contributed by atoms with E-state index in [1.54, 1.807) is 0 Å². The van der Waals surface area contributed by atoms with Crippen molar-refractivity contribution in [1.82, 2.24) is 9.80 Å². The number of rotatable bonds is 9. The SMILES string of the molecule is CCC(C)C[C@]1(c2ccccc2)CC[C@]2(CC1)CN(CCC(N)=O)C(=O)N2CC1CCC1. The molecular weight excluding hydrogens is 398 g/mol. The number of amides is 3. The van der Waals surface area contributed by atoms with Crippen LogP contribution >= 0.6 is 0 Å². The predicted molar refractivity (Wildman–Crippen MR) is 128 cm³/mol. The fraction of sp³-hybridized carbons (Fsp3) is 0.704. The van der Waals surface area contributed by atoms with E-state index in [4.69, 9.17) is 5.73 Å². The maximum Gasteiger partial charge on any atom is 0.320 e. The molecule has 2 N–H and O–H groups in total. The van der Waals surface area contributed by atoms with Crippen LogP contribution in [0.3, 0.4) is 0 Å². The molecule has 1 spiro atoms. The molecule has 5 heteroatoms. The molecule has 1 unspecified atom stereocenters. The Labute approximate surface area is 193 Å². The molecular formula is C27H41N3O2. The van der Waals surface area contributed by atoms with Crippen LogP contribution in [-0.4, -0.2) is 46.9 Å². The van der Waals surface area contributed by atoms with E-state index in [0.29, 0.717) is 18.4 Å². The van der Waals surface area contributed by atoms with Gasteiger partial charge in [0.05, 0.1) is 5.54 Å². The highest BCUT2D eigenvalue weighted by Crippen LogP contribution is 2.51. The highest BCUT2D eigenvalue weighted by molar-refractivity contribution is 5.80. The molecule has 1 heterocycles. The van der Waals surface area contributed by atoms with Crippen molar-refractivity contribution >= 4 is 11.9 Å². The number of nitrogens with two attached hydrogens (primary N) is 1. The van der Waals surface area contributed by atoms with Gasteiger partial charge >= 0.3 is 6.03 Å². The van der Waals surface area contributed by atoms with Gasteiger partial charge in [-0.3, -0.25) is 4.79 Å². The summed E-state index contributed by atoms with van der Waals surface area (Å²) in [5.41, 5.74) is 6.99. The first-order valence-electron chi connectivity index (χ1n) is 12.8. The Balaban J connectivity index is 1.56. The molecule has 1 atom stereocenters. The van der Waals surface area contributed by atoms with E-state index in [0.717, 1.165) is 38.8 Å². The third-order valence-corrected chi connectivity index (χ3v) is 8.81. The van der Waals surface area contributed by atoms with Crippen LogP contribution in [0.4, 0.5) is 4.79 Å². The van der Waals surface area contributed by atoms with Crippen molar-refractivity contribution in [2.45, 2.75) is 89.0 Å². The Morgan fingerprint density at radius 1 is 1.16 bits per heavy atom. The monoisotopic (exact) mass is 439 g/mol.